The predicted molar refractivity (Wildman–Crippen MR) is 86.3 cm³/mol. The smallest absolute Gasteiger partial charge is 0.277 e. The van der Waals surface area contributed by atoms with Gasteiger partial charge in [-0.25, -0.2) is 4.68 Å². The van der Waals surface area contributed by atoms with Gasteiger partial charge >= 0.3 is 0 Å². The number of hydrogen-bond acceptors (Lipinski definition) is 3. The number of hydrogen-bond donors (Lipinski definition) is 0. The van der Waals surface area contributed by atoms with Crippen molar-refractivity contribution in [2.24, 2.45) is 0 Å². The summed E-state index contributed by atoms with van der Waals surface area (Å²) in [5.74, 6) is 0. The number of nitrogens with zero attached hydrogens (tertiary/aromatic N) is 2. The summed E-state index contributed by atoms with van der Waals surface area (Å²) in [5, 5.41) is 4.44. The van der Waals surface area contributed by atoms with Crippen LogP contribution in [0.25, 0.3) is 11.3 Å². The molecular weight excluding hydrogens is 276 g/mol. The van der Waals surface area contributed by atoms with Crippen molar-refractivity contribution in [1.82, 2.24) is 9.78 Å². The normalized spacial score (nSPS) is 13.7. The van der Waals surface area contributed by atoms with Crippen LogP contribution in [0, 0.1) is 0 Å². The highest BCUT2D eigenvalue weighted by molar-refractivity contribution is 5.77. The van der Waals surface area contributed by atoms with Crippen molar-refractivity contribution in [3.8, 4) is 11.3 Å². The van der Waals surface area contributed by atoms with Gasteiger partial charge in [-0.05, 0) is 55.4 Å². The van der Waals surface area contributed by atoms with Crippen LogP contribution in [-0.4, -0.2) is 16.1 Å². The molecule has 0 bridgehead atoms. The quantitative estimate of drug-likeness (QED) is 0.815. The molecule has 4 nitrogen and oxygen atoms in total. The lowest BCUT2D eigenvalue weighted by molar-refractivity contribution is 0.112. The molecule has 0 saturated heterocycles. The van der Waals surface area contributed by atoms with Gasteiger partial charge in [-0.15, -0.1) is 0 Å². The highest BCUT2D eigenvalue weighted by atomic mass is 16.1. The van der Waals surface area contributed by atoms with Crippen LogP contribution < -0.4 is 5.56 Å². The van der Waals surface area contributed by atoms with Gasteiger partial charge in [0.25, 0.3) is 5.56 Å². The number of fused-ring (bicyclic) bond motifs is 1. The van der Waals surface area contributed by atoms with E-state index in [0.29, 0.717) is 18.5 Å². The average molecular weight is 296 g/mol. The van der Waals surface area contributed by atoms with Crippen LogP contribution in [0.4, 0.5) is 0 Å². The second-order valence-electron chi connectivity index (χ2n) is 5.82. The van der Waals surface area contributed by atoms with Gasteiger partial charge < -0.3 is 0 Å². The lowest BCUT2D eigenvalue weighted by Crippen LogP contribution is -2.26. The summed E-state index contributed by atoms with van der Waals surface area (Å²) in [6.45, 7) is 2.51. The maximum atomic E-state index is 12.1. The second kappa shape index (κ2) is 6.26. The van der Waals surface area contributed by atoms with E-state index >= 15 is 0 Å². The first-order valence-corrected chi connectivity index (χ1v) is 7.92. The molecule has 0 fully saturated rings. The number of benzene rings is 1. The SMILES string of the molecule is CCCn1nc(-c2ccc3c(c2)CCCC3)cc(C=O)c1=O. The maximum absolute atomic E-state index is 12.1. The van der Waals surface area contributed by atoms with E-state index in [0.717, 1.165) is 24.8 Å². The molecule has 1 aliphatic rings. The average Bonchev–Trinajstić information content (AvgIpc) is 2.56. The Kier molecular flexibility index (Phi) is 4.18. The predicted octanol–water partition coefficient (Wildman–Crippen LogP) is 3.01. The van der Waals surface area contributed by atoms with Gasteiger partial charge in [0.15, 0.2) is 6.29 Å². The molecule has 22 heavy (non-hydrogen) atoms. The van der Waals surface area contributed by atoms with Crippen LogP contribution in [0.3, 0.4) is 0 Å². The van der Waals surface area contributed by atoms with Gasteiger partial charge in [0, 0.05) is 12.1 Å². The summed E-state index contributed by atoms with van der Waals surface area (Å²) >= 11 is 0. The summed E-state index contributed by atoms with van der Waals surface area (Å²) in [6, 6.07) is 7.96. The first kappa shape index (κ1) is 14.7. The van der Waals surface area contributed by atoms with Gasteiger partial charge in [0.05, 0.1) is 11.3 Å². The fourth-order valence-electron chi connectivity index (χ4n) is 3.04. The van der Waals surface area contributed by atoms with Crippen LogP contribution in [0.5, 0.6) is 0 Å². The number of carbonyl (C=O) groups excluding carboxylic acids is 1. The molecule has 1 aromatic heterocycles. The number of aldehydes is 1. The number of aryl methyl sites for hydroxylation is 3. The standard InChI is InChI=1S/C18H20N2O2/c1-2-9-20-18(22)16(12-21)11-17(19-20)15-8-7-13-5-3-4-6-14(13)10-15/h7-8,10-12H,2-6,9H2,1H3. The van der Waals surface area contributed by atoms with Gasteiger partial charge in [0.2, 0.25) is 0 Å². The van der Waals surface area contributed by atoms with Crippen LogP contribution in [-0.2, 0) is 19.4 Å². The van der Waals surface area contributed by atoms with E-state index in [1.54, 1.807) is 6.07 Å². The molecule has 0 atom stereocenters. The highest BCUT2D eigenvalue weighted by Gasteiger charge is 2.13. The Labute approximate surface area is 129 Å². The van der Waals surface area contributed by atoms with E-state index in [1.807, 2.05) is 13.0 Å². The van der Waals surface area contributed by atoms with Crippen molar-refractivity contribution in [3.05, 3.63) is 51.3 Å². The third kappa shape index (κ3) is 2.73. The number of aromatic nitrogens is 2. The molecule has 1 aromatic carbocycles. The van der Waals surface area contributed by atoms with Crippen molar-refractivity contribution in [1.29, 1.82) is 0 Å². The van der Waals surface area contributed by atoms with Crippen molar-refractivity contribution in [2.45, 2.75) is 45.6 Å². The molecule has 2 aromatic rings. The molecule has 0 aliphatic heterocycles. The Morgan fingerprint density at radius 1 is 1.18 bits per heavy atom. The Morgan fingerprint density at radius 3 is 2.68 bits per heavy atom. The van der Waals surface area contributed by atoms with Gasteiger partial charge in [-0.3, -0.25) is 9.59 Å². The molecule has 0 spiro atoms. The molecule has 0 N–H and O–H groups in total. The molecule has 0 saturated carbocycles. The van der Waals surface area contributed by atoms with Crippen LogP contribution in [0.2, 0.25) is 0 Å². The van der Waals surface area contributed by atoms with Gasteiger partial charge in [-0.1, -0.05) is 19.1 Å². The Bertz CT molecular complexity index is 762. The van der Waals surface area contributed by atoms with Crippen molar-refractivity contribution < 1.29 is 4.79 Å². The molecule has 0 amide bonds. The molecular formula is C18H20N2O2. The van der Waals surface area contributed by atoms with E-state index in [2.05, 4.69) is 17.2 Å². The Balaban J connectivity index is 2.09. The topological polar surface area (TPSA) is 52.0 Å². The fraction of sp³-hybridized carbons (Fsp3) is 0.389. The Morgan fingerprint density at radius 2 is 1.95 bits per heavy atom. The van der Waals surface area contributed by atoms with Crippen LogP contribution in [0.15, 0.2) is 29.1 Å². The number of carbonyl (C=O) groups is 1. The molecule has 114 valence electrons. The molecule has 1 heterocycles. The maximum Gasteiger partial charge on any atom is 0.277 e. The third-order valence-electron chi connectivity index (χ3n) is 4.21. The third-order valence-corrected chi connectivity index (χ3v) is 4.21. The second-order valence-corrected chi connectivity index (χ2v) is 5.82. The van der Waals surface area contributed by atoms with E-state index in [-0.39, 0.29) is 11.1 Å². The van der Waals surface area contributed by atoms with E-state index in [1.165, 1.54) is 28.7 Å². The van der Waals surface area contributed by atoms with Crippen molar-refractivity contribution >= 4 is 6.29 Å². The molecule has 0 unspecified atom stereocenters. The van der Waals surface area contributed by atoms with Gasteiger partial charge in [0.1, 0.15) is 0 Å². The minimum absolute atomic E-state index is 0.177. The summed E-state index contributed by atoms with van der Waals surface area (Å²) in [5.41, 5.74) is 4.32. The zero-order valence-corrected chi connectivity index (χ0v) is 12.8. The van der Waals surface area contributed by atoms with Crippen LogP contribution >= 0.6 is 0 Å². The minimum atomic E-state index is -0.307. The molecule has 0 radical (unpaired) electrons. The minimum Gasteiger partial charge on any atom is -0.298 e. The lowest BCUT2D eigenvalue weighted by Gasteiger charge is -2.16. The summed E-state index contributed by atoms with van der Waals surface area (Å²) in [4.78, 5) is 23.2. The number of rotatable bonds is 4. The molecule has 1 aliphatic carbocycles. The Hall–Kier alpha value is -2.23. The van der Waals surface area contributed by atoms with Crippen LogP contribution in [0.1, 0.15) is 47.7 Å². The monoisotopic (exact) mass is 296 g/mol. The largest absolute Gasteiger partial charge is 0.298 e. The van der Waals surface area contributed by atoms with Crippen molar-refractivity contribution in [3.63, 3.8) is 0 Å². The van der Waals surface area contributed by atoms with E-state index in [4.69, 9.17) is 0 Å². The first-order chi connectivity index (χ1) is 10.7. The summed E-state index contributed by atoms with van der Waals surface area (Å²) in [7, 11) is 0. The van der Waals surface area contributed by atoms with E-state index in [9.17, 15) is 9.59 Å². The lowest BCUT2D eigenvalue weighted by atomic mass is 9.90. The van der Waals surface area contributed by atoms with E-state index < -0.39 is 0 Å². The first-order valence-electron chi connectivity index (χ1n) is 7.92. The zero-order chi connectivity index (χ0) is 15.5. The van der Waals surface area contributed by atoms with Gasteiger partial charge in [-0.2, -0.15) is 5.10 Å². The fourth-order valence-corrected chi connectivity index (χ4v) is 3.04. The molecule has 4 heteroatoms. The summed E-state index contributed by atoms with van der Waals surface area (Å²) < 4.78 is 1.40. The zero-order valence-electron chi connectivity index (χ0n) is 12.8. The highest BCUT2D eigenvalue weighted by Crippen LogP contribution is 2.26. The van der Waals surface area contributed by atoms with Crippen molar-refractivity contribution in [2.75, 3.05) is 0 Å². The summed E-state index contributed by atoms with van der Waals surface area (Å²) in [6.07, 6.45) is 6.13. The molecule has 3 rings (SSSR count).